The van der Waals surface area contributed by atoms with Crippen LogP contribution >= 0.6 is 0 Å². The van der Waals surface area contributed by atoms with Gasteiger partial charge in [0.05, 0.1) is 18.4 Å². The zero-order chi connectivity index (χ0) is 18.5. The van der Waals surface area contributed by atoms with Gasteiger partial charge in [-0.25, -0.2) is 0 Å². The highest BCUT2D eigenvalue weighted by atomic mass is 16.2. The highest BCUT2D eigenvalue weighted by Crippen LogP contribution is 2.11. The summed E-state index contributed by atoms with van der Waals surface area (Å²) in [5.41, 5.74) is 3.23. The minimum atomic E-state index is -0.258. The zero-order valence-corrected chi connectivity index (χ0v) is 14.6. The van der Waals surface area contributed by atoms with Crippen molar-refractivity contribution in [3.05, 3.63) is 96.1 Å². The number of benzene rings is 2. The Morgan fingerprint density at radius 1 is 0.926 bits per heavy atom. The van der Waals surface area contributed by atoms with Gasteiger partial charge in [0.2, 0.25) is 0 Å². The first-order valence-electron chi connectivity index (χ1n) is 8.60. The van der Waals surface area contributed by atoms with Gasteiger partial charge in [-0.2, -0.15) is 15.0 Å². The molecule has 2 aromatic carbocycles. The lowest BCUT2D eigenvalue weighted by molar-refractivity contribution is 0.0945. The molecule has 7 nitrogen and oxygen atoms in total. The summed E-state index contributed by atoms with van der Waals surface area (Å²) in [5, 5.41) is 15.6. The molecule has 7 heteroatoms. The molecule has 0 spiro atoms. The van der Waals surface area contributed by atoms with Crippen molar-refractivity contribution >= 4 is 5.91 Å². The predicted octanol–water partition coefficient (Wildman–Crippen LogP) is 2.44. The molecule has 0 bridgehead atoms. The third kappa shape index (κ3) is 3.92. The highest BCUT2D eigenvalue weighted by molar-refractivity contribution is 5.91. The van der Waals surface area contributed by atoms with E-state index >= 15 is 0 Å². The normalized spacial score (nSPS) is 10.7. The summed E-state index contributed by atoms with van der Waals surface area (Å²) in [7, 11) is 0. The van der Waals surface area contributed by atoms with Crippen LogP contribution in [0.1, 0.15) is 21.6 Å². The Kier molecular flexibility index (Phi) is 4.74. The summed E-state index contributed by atoms with van der Waals surface area (Å²) in [5.74, 6) is -0.258. The van der Waals surface area contributed by atoms with Gasteiger partial charge in [-0.3, -0.25) is 9.48 Å². The molecule has 0 radical (unpaired) electrons. The molecule has 0 aliphatic rings. The van der Waals surface area contributed by atoms with E-state index in [4.69, 9.17) is 0 Å². The summed E-state index contributed by atoms with van der Waals surface area (Å²) >= 11 is 0. The third-order valence-electron chi connectivity index (χ3n) is 4.16. The van der Waals surface area contributed by atoms with Crippen molar-refractivity contribution < 1.29 is 4.79 Å². The summed E-state index contributed by atoms with van der Waals surface area (Å²) in [6.45, 7) is 1.07. The smallest absolute Gasteiger partial charge is 0.273 e. The van der Waals surface area contributed by atoms with Crippen molar-refractivity contribution in [2.24, 2.45) is 0 Å². The second-order valence-electron chi connectivity index (χ2n) is 6.01. The van der Waals surface area contributed by atoms with Gasteiger partial charge < -0.3 is 5.32 Å². The first-order valence-corrected chi connectivity index (χ1v) is 8.60. The summed E-state index contributed by atoms with van der Waals surface area (Å²) in [6, 6.07) is 19.3. The van der Waals surface area contributed by atoms with Crippen molar-refractivity contribution in [2.45, 2.75) is 13.1 Å². The van der Waals surface area contributed by atoms with Gasteiger partial charge in [-0.15, -0.1) is 5.10 Å². The molecule has 0 saturated heterocycles. The van der Waals surface area contributed by atoms with Crippen LogP contribution in [0, 0.1) is 0 Å². The quantitative estimate of drug-likeness (QED) is 0.574. The maximum absolute atomic E-state index is 12.4. The summed E-state index contributed by atoms with van der Waals surface area (Å²) < 4.78 is 1.85. The van der Waals surface area contributed by atoms with Crippen LogP contribution in [-0.2, 0) is 13.1 Å². The monoisotopic (exact) mass is 358 g/mol. The molecule has 0 aliphatic heterocycles. The van der Waals surface area contributed by atoms with Crippen LogP contribution in [0.4, 0.5) is 0 Å². The lowest BCUT2D eigenvalue weighted by Gasteiger charge is -2.10. The predicted molar refractivity (Wildman–Crippen MR) is 100 cm³/mol. The van der Waals surface area contributed by atoms with E-state index in [1.165, 1.54) is 11.0 Å². The lowest BCUT2D eigenvalue weighted by Crippen LogP contribution is -2.24. The van der Waals surface area contributed by atoms with Crippen molar-refractivity contribution in [1.29, 1.82) is 0 Å². The number of nitrogens with one attached hydrogen (secondary N) is 1. The second-order valence-corrected chi connectivity index (χ2v) is 6.01. The molecule has 4 rings (SSSR count). The highest BCUT2D eigenvalue weighted by Gasteiger charge is 2.12. The standard InChI is InChI=1S/C20H18N6O/c27-20(19-14-23-26(24-19)18-9-2-1-3-10-18)21-13-16-7-4-5-8-17(16)15-25-12-6-11-22-25/h1-12,14H,13,15H2,(H,21,27). The number of aromatic nitrogens is 5. The van der Waals surface area contributed by atoms with Crippen LogP contribution < -0.4 is 5.32 Å². The third-order valence-corrected chi connectivity index (χ3v) is 4.16. The fourth-order valence-electron chi connectivity index (χ4n) is 2.77. The maximum atomic E-state index is 12.4. The molecule has 2 aromatic heterocycles. The van der Waals surface area contributed by atoms with E-state index in [1.54, 1.807) is 6.20 Å². The number of carbonyl (C=O) groups is 1. The molecule has 0 aliphatic carbocycles. The molecule has 0 fully saturated rings. The molecular formula is C20H18N6O. The molecule has 4 aromatic rings. The number of amides is 1. The number of hydrogen-bond acceptors (Lipinski definition) is 4. The van der Waals surface area contributed by atoms with Gasteiger partial charge in [0.1, 0.15) is 0 Å². The molecule has 0 unspecified atom stereocenters. The maximum Gasteiger partial charge on any atom is 0.273 e. The number of rotatable bonds is 6. The van der Waals surface area contributed by atoms with Gasteiger partial charge in [-0.05, 0) is 29.3 Å². The Morgan fingerprint density at radius 3 is 2.48 bits per heavy atom. The Morgan fingerprint density at radius 2 is 1.70 bits per heavy atom. The molecule has 134 valence electrons. The van der Waals surface area contributed by atoms with Gasteiger partial charge in [-0.1, -0.05) is 42.5 Å². The number of hydrogen-bond donors (Lipinski definition) is 1. The van der Waals surface area contributed by atoms with Gasteiger partial charge in [0, 0.05) is 18.9 Å². The van der Waals surface area contributed by atoms with Gasteiger partial charge >= 0.3 is 0 Å². The molecule has 1 N–H and O–H groups in total. The van der Waals surface area contributed by atoms with Crippen LogP contribution in [-0.4, -0.2) is 30.7 Å². The van der Waals surface area contributed by atoms with Crippen LogP contribution in [0.15, 0.2) is 79.3 Å². The molecule has 0 atom stereocenters. The van der Waals surface area contributed by atoms with Crippen LogP contribution in [0.5, 0.6) is 0 Å². The molecule has 1 amide bonds. The lowest BCUT2D eigenvalue weighted by atomic mass is 10.1. The number of nitrogens with zero attached hydrogens (tertiary/aromatic N) is 5. The Bertz CT molecular complexity index is 1020. The van der Waals surface area contributed by atoms with E-state index in [1.807, 2.05) is 71.5 Å². The Balaban J connectivity index is 1.44. The van der Waals surface area contributed by atoms with E-state index in [-0.39, 0.29) is 11.6 Å². The SMILES string of the molecule is O=C(NCc1ccccc1Cn1cccn1)c1cnn(-c2ccccc2)n1. The zero-order valence-electron chi connectivity index (χ0n) is 14.6. The van der Waals surface area contributed by atoms with Crippen molar-refractivity contribution in [3.8, 4) is 5.69 Å². The van der Waals surface area contributed by atoms with Crippen molar-refractivity contribution in [3.63, 3.8) is 0 Å². The average Bonchev–Trinajstić information content (AvgIpc) is 3.40. The van der Waals surface area contributed by atoms with Gasteiger partial charge in [0.25, 0.3) is 5.91 Å². The number of para-hydroxylation sites is 1. The molecular weight excluding hydrogens is 340 g/mol. The van der Waals surface area contributed by atoms with E-state index in [2.05, 4.69) is 20.6 Å². The molecule has 27 heavy (non-hydrogen) atoms. The van der Waals surface area contributed by atoms with Crippen LogP contribution in [0.3, 0.4) is 0 Å². The fourth-order valence-corrected chi connectivity index (χ4v) is 2.77. The summed E-state index contributed by atoms with van der Waals surface area (Å²) in [6.07, 6.45) is 5.13. The first kappa shape index (κ1) is 16.7. The fraction of sp³-hybridized carbons (Fsp3) is 0.100. The van der Waals surface area contributed by atoms with E-state index in [9.17, 15) is 4.79 Å². The second kappa shape index (κ2) is 7.65. The Labute approximate surface area is 156 Å². The summed E-state index contributed by atoms with van der Waals surface area (Å²) in [4.78, 5) is 13.9. The average molecular weight is 358 g/mol. The number of carbonyl (C=O) groups excluding carboxylic acids is 1. The minimum absolute atomic E-state index is 0.258. The van der Waals surface area contributed by atoms with Crippen molar-refractivity contribution in [2.75, 3.05) is 0 Å². The van der Waals surface area contributed by atoms with E-state index < -0.39 is 0 Å². The molecule has 0 saturated carbocycles. The van der Waals surface area contributed by atoms with Crippen LogP contribution in [0.25, 0.3) is 5.69 Å². The minimum Gasteiger partial charge on any atom is -0.347 e. The topological polar surface area (TPSA) is 77.6 Å². The van der Waals surface area contributed by atoms with Gasteiger partial charge in [0.15, 0.2) is 5.69 Å². The Hall–Kier alpha value is -3.74. The van der Waals surface area contributed by atoms with E-state index in [0.717, 1.165) is 16.8 Å². The van der Waals surface area contributed by atoms with E-state index in [0.29, 0.717) is 13.1 Å². The largest absolute Gasteiger partial charge is 0.347 e. The van der Waals surface area contributed by atoms with Crippen LogP contribution in [0.2, 0.25) is 0 Å². The first-order chi connectivity index (χ1) is 13.3. The van der Waals surface area contributed by atoms with Crippen molar-refractivity contribution in [1.82, 2.24) is 30.1 Å². The molecule has 2 heterocycles.